The molecule has 0 amide bonds. The highest BCUT2D eigenvalue weighted by molar-refractivity contribution is 7.91. The third kappa shape index (κ3) is 3.17. The molecular formula is C11H14FNO3S. The number of benzene rings is 1. The van der Waals surface area contributed by atoms with Gasteiger partial charge in [0.15, 0.2) is 21.4 Å². The minimum atomic E-state index is -2.88. The van der Waals surface area contributed by atoms with Gasteiger partial charge in [-0.3, -0.25) is 4.90 Å². The van der Waals surface area contributed by atoms with Gasteiger partial charge in [-0.25, -0.2) is 12.8 Å². The number of halogens is 1. The monoisotopic (exact) mass is 259 g/mol. The van der Waals surface area contributed by atoms with E-state index < -0.39 is 15.7 Å². The van der Waals surface area contributed by atoms with Crippen molar-refractivity contribution in [2.75, 3.05) is 24.6 Å². The zero-order valence-electron chi connectivity index (χ0n) is 9.26. The van der Waals surface area contributed by atoms with Crippen molar-refractivity contribution < 1.29 is 17.9 Å². The van der Waals surface area contributed by atoms with E-state index in [1.807, 2.05) is 4.90 Å². The van der Waals surface area contributed by atoms with Gasteiger partial charge in [0.1, 0.15) is 0 Å². The summed E-state index contributed by atoms with van der Waals surface area (Å²) in [5.41, 5.74) is 0.736. The molecule has 0 radical (unpaired) electrons. The van der Waals surface area contributed by atoms with Crippen LogP contribution in [0, 0.1) is 5.82 Å². The van der Waals surface area contributed by atoms with Crippen molar-refractivity contribution in [3.63, 3.8) is 0 Å². The smallest absolute Gasteiger partial charge is 0.165 e. The molecule has 0 bridgehead atoms. The molecule has 0 aromatic heterocycles. The maximum Gasteiger partial charge on any atom is 0.165 e. The average molecular weight is 259 g/mol. The van der Waals surface area contributed by atoms with Crippen molar-refractivity contribution in [1.29, 1.82) is 0 Å². The van der Waals surface area contributed by atoms with Crippen LogP contribution in [0.4, 0.5) is 4.39 Å². The van der Waals surface area contributed by atoms with Gasteiger partial charge in [0, 0.05) is 19.6 Å². The lowest BCUT2D eigenvalue weighted by Crippen LogP contribution is -2.39. The van der Waals surface area contributed by atoms with Gasteiger partial charge in [0.25, 0.3) is 0 Å². The summed E-state index contributed by atoms with van der Waals surface area (Å²) in [5, 5.41) is 9.05. The highest BCUT2D eigenvalue weighted by atomic mass is 32.2. The first-order valence-corrected chi connectivity index (χ1v) is 7.18. The van der Waals surface area contributed by atoms with Crippen molar-refractivity contribution in [1.82, 2.24) is 4.90 Å². The summed E-state index contributed by atoms with van der Waals surface area (Å²) in [6.45, 7) is 1.46. The van der Waals surface area contributed by atoms with Crippen LogP contribution in [-0.2, 0) is 16.4 Å². The van der Waals surface area contributed by atoms with E-state index in [9.17, 15) is 12.8 Å². The lowest BCUT2D eigenvalue weighted by Gasteiger charge is -2.26. The number of hydrogen-bond acceptors (Lipinski definition) is 4. The van der Waals surface area contributed by atoms with E-state index in [2.05, 4.69) is 0 Å². The van der Waals surface area contributed by atoms with E-state index in [1.165, 1.54) is 12.1 Å². The lowest BCUT2D eigenvalue weighted by atomic mass is 10.2. The Kier molecular flexibility index (Phi) is 3.35. The van der Waals surface area contributed by atoms with Gasteiger partial charge < -0.3 is 5.11 Å². The Morgan fingerprint density at radius 2 is 1.94 bits per heavy atom. The molecule has 1 aliphatic heterocycles. The Balaban J connectivity index is 2.00. The van der Waals surface area contributed by atoms with Crippen molar-refractivity contribution >= 4 is 9.84 Å². The number of phenolic OH excluding ortho intramolecular Hbond substituents is 1. The van der Waals surface area contributed by atoms with Crippen LogP contribution in [0.3, 0.4) is 0 Å². The summed E-state index contributed by atoms with van der Waals surface area (Å²) in [5.74, 6) is -0.691. The van der Waals surface area contributed by atoms with Crippen LogP contribution in [0.5, 0.6) is 5.75 Å². The van der Waals surface area contributed by atoms with Crippen molar-refractivity contribution in [3.05, 3.63) is 29.6 Å². The Labute approximate surface area is 99.6 Å². The highest BCUT2D eigenvalue weighted by Gasteiger charge is 2.21. The topological polar surface area (TPSA) is 57.6 Å². The fourth-order valence-corrected chi connectivity index (χ4v) is 3.09. The van der Waals surface area contributed by atoms with Crippen LogP contribution >= 0.6 is 0 Å². The number of hydrogen-bond donors (Lipinski definition) is 1. The van der Waals surface area contributed by atoms with Gasteiger partial charge in [-0.05, 0) is 17.7 Å². The van der Waals surface area contributed by atoms with Crippen molar-refractivity contribution in [3.8, 4) is 5.75 Å². The first-order chi connectivity index (χ1) is 7.96. The summed E-state index contributed by atoms with van der Waals surface area (Å²) in [6.07, 6.45) is 0. The van der Waals surface area contributed by atoms with E-state index >= 15 is 0 Å². The predicted molar refractivity (Wildman–Crippen MR) is 62.0 cm³/mol. The molecule has 1 heterocycles. The molecule has 17 heavy (non-hydrogen) atoms. The van der Waals surface area contributed by atoms with Crippen molar-refractivity contribution in [2.24, 2.45) is 0 Å². The lowest BCUT2D eigenvalue weighted by molar-refractivity contribution is 0.287. The molecule has 0 unspecified atom stereocenters. The molecule has 1 aromatic carbocycles. The number of aromatic hydroxyl groups is 1. The summed E-state index contributed by atoms with van der Waals surface area (Å²) in [6, 6.07) is 4.23. The van der Waals surface area contributed by atoms with Crippen LogP contribution in [0.15, 0.2) is 18.2 Å². The molecule has 1 aliphatic rings. The zero-order chi connectivity index (χ0) is 12.5. The molecule has 0 spiro atoms. The Morgan fingerprint density at radius 1 is 1.29 bits per heavy atom. The van der Waals surface area contributed by atoms with Crippen LogP contribution < -0.4 is 0 Å². The molecular weight excluding hydrogens is 245 g/mol. The first-order valence-electron chi connectivity index (χ1n) is 5.36. The van der Waals surface area contributed by atoms with Crippen LogP contribution in [0.1, 0.15) is 5.56 Å². The Hall–Kier alpha value is -1.14. The normalized spacial score (nSPS) is 20.3. The molecule has 2 rings (SSSR count). The van der Waals surface area contributed by atoms with Gasteiger partial charge in [-0.2, -0.15) is 0 Å². The molecule has 1 saturated heterocycles. The highest BCUT2D eigenvalue weighted by Crippen LogP contribution is 2.18. The SMILES string of the molecule is O=S1(=O)CCN(Cc2ccc(O)c(F)c2)CC1. The summed E-state index contributed by atoms with van der Waals surface area (Å²) >= 11 is 0. The first kappa shape index (κ1) is 12.3. The summed E-state index contributed by atoms with van der Waals surface area (Å²) in [4.78, 5) is 1.97. The molecule has 0 saturated carbocycles. The number of sulfone groups is 1. The fourth-order valence-electron chi connectivity index (χ4n) is 1.82. The van der Waals surface area contributed by atoms with Gasteiger partial charge in [-0.15, -0.1) is 0 Å². The number of nitrogens with zero attached hydrogens (tertiary/aromatic N) is 1. The minimum absolute atomic E-state index is 0.160. The molecule has 1 N–H and O–H groups in total. The van der Waals surface area contributed by atoms with E-state index in [0.29, 0.717) is 19.6 Å². The maximum atomic E-state index is 13.1. The van der Waals surface area contributed by atoms with E-state index in [4.69, 9.17) is 5.11 Å². The molecule has 94 valence electrons. The second-order valence-corrected chi connectivity index (χ2v) is 6.52. The summed E-state index contributed by atoms with van der Waals surface area (Å²) in [7, 11) is -2.88. The minimum Gasteiger partial charge on any atom is -0.505 e. The van der Waals surface area contributed by atoms with E-state index in [0.717, 1.165) is 5.56 Å². The van der Waals surface area contributed by atoms with Gasteiger partial charge in [0.05, 0.1) is 11.5 Å². The molecule has 6 heteroatoms. The second-order valence-electron chi connectivity index (χ2n) is 4.21. The molecule has 0 atom stereocenters. The predicted octanol–water partition coefficient (Wildman–Crippen LogP) is 0.762. The third-order valence-corrected chi connectivity index (χ3v) is 4.46. The number of rotatable bonds is 2. The van der Waals surface area contributed by atoms with Gasteiger partial charge in [-0.1, -0.05) is 6.07 Å². The van der Waals surface area contributed by atoms with E-state index in [-0.39, 0.29) is 17.3 Å². The van der Waals surface area contributed by atoms with Gasteiger partial charge in [0.2, 0.25) is 0 Å². The van der Waals surface area contributed by atoms with Crippen LogP contribution in [0.25, 0.3) is 0 Å². The van der Waals surface area contributed by atoms with Crippen LogP contribution in [0.2, 0.25) is 0 Å². The number of phenols is 1. The Bertz CT molecular complexity index is 501. The maximum absolute atomic E-state index is 13.1. The summed E-state index contributed by atoms with van der Waals surface area (Å²) < 4.78 is 35.5. The quantitative estimate of drug-likeness (QED) is 0.852. The Morgan fingerprint density at radius 3 is 2.53 bits per heavy atom. The van der Waals surface area contributed by atoms with E-state index in [1.54, 1.807) is 6.07 Å². The molecule has 4 nitrogen and oxygen atoms in total. The average Bonchev–Trinajstić information content (AvgIpc) is 2.27. The van der Waals surface area contributed by atoms with Gasteiger partial charge >= 0.3 is 0 Å². The van der Waals surface area contributed by atoms with Crippen molar-refractivity contribution in [2.45, 2.75) is 6.54 Å². The molecule has 1 fully saturated rings. The molecule has 0 aliphatic carbocycles. The third-order valence-electron chi connectivity index (χ3n) is 2.86. The standard InChI is InChI=1S/C11H14FNO3S/c12-10-7-9(1-2-11(10)14)8-13-3-5-17(15,16)6-4-13/h1-2,7,14H,3-6,8H2. The fraction of sp³-hybridized carbons (Fsp3) is 0.455. The zero-order valence-corrected chi connectivity index (χ0v) is 10.1. The molecule has 1 aromatic rings. The van der Waals surface area contributed by atoms with Crippen LogP contribution in [-0.4, -0.2) is 43.0 Å². The largest absolute Gasteiger partial charge is 0.505 e. The second kappa shape index (κ2) is 4.62.